The van der Waals surface area contributed by atoms with Crippen LogP contribution < -0.4 is 5.32 Å². The minimum Gasteiger partial charge on any atom is -0.481 e. The largest absolute Gasteiger partial charge is 0.481 e. The average Bonchev–Trinajstić information content (AvgIpc) is 2.38. The number of aryl methyl sites for hydroxylation is 1. The number of aliphatic carboxylic acids is 1. The summed E-state index contributed by atoms with van der Waals surface area (Å²) < 4.78 is 0. The molecule has 2 atom stereocenters. The number of carbonyl (C=O) groups is 1. The zero-order valence-electron chi connectivity index (χ0n) is 11.2. The van der Waals surface area contributed by atoms with Crippen LogP contribution in [0.15, 0.2) is 12.3 Å². The Bertz CT molecular complexity index is 532. The summed E-state index contributed by atoms with van der Waals surface area (Å²) in [6.07, 6.45) is 4.26. The van der Waals surface area contributed by atoms with Crippen LogP contribution >= 0.6 is 0 Å². The molecule has 0 saturated heterocycles. The summed E-state index contributed by atoms with van der Waals surface area (Å²) >= 11 is 0. The van der Waals surface area contributed by atoms with Crippen LogP contribution in [0.2, 0.25) is 0 Å². The lowest BCUT2D eigenvalue weighted by atomic mass is 9.86. The second kappa shape index (κ2) is 5.85. The summed E-state index contributed by atoms with van der Waals surface area (Å²) in [7, 11) is 0. The van der Waals surface area contributed by atoms with Gasteiger partial charge in [-0.25, -0.2) is 4.98 Å². The minimum absolute atomic E-state index is 0.0371. The molecule has 2 unspecified atom stereocenters. The first kappa shape index (κ1) is 14.2. The van der Waals surface area contributed by atoms with E-state index in [1.807, 2.05) is 0 Å². The zero-order chi connectivity index (χ0) is 14.7. The van der Waals surface area contributed by atoms with Crippen molar-refractivity contribution in [3.8, 4) is 0 Å². The number of carboxylic acid groups (broad SMARTS) is 1. The van der Waals surface area contributed by atoms with Crippen LogP contribution in [0, 0.1) is 23.0 Å². The van der Waals surface area contributed by atoms with Crippen molar-refractivity contribution in [1.82, 2.24) is 4.98 Å². The van der Waals surface area contributed by atoms with Crippen molar-refractivity contribution in [2.75, 3.05) is 5.32 Å². The van der Waals surface area contributed by atoms with Crippen molar-refractivity contribution in [3.05, 3.63) is 27.9 Å². The number of nitrogens with zero attached hydrogens (tertiary/aromatic N) is 2. The molecule has 1 fully saturated rings. The number of pyridine rings is 1. The molecule has 108 valence electrons. The molecule has 1 aliphatic rings. The van der Waals surface area contributed by atoms with E-state index in [0.29, 0.717) is 18.4 Å². The van der Waals surface area contributed by atoms with Crippen LogP contribution in [0.5, 0.6) is 0 Å². The predicted octanol–water partition coefficient (Wildman–Crippen LogP) is 2.35. The third kappa shape index (κ3) is 3.04. The summed E-state index contributed by atoms with van der Waals surface area (Å²) in [6, 6.07) is 1.50. The van der Waals surface area contributed by atoms with Crippen LogP contribution in [0.1, 0.15) is 31.2 Å². The number of rotatable bonds is 4. The Balaban J connectivity index is 2.16. The van der Waals surface area contributed by atoms with E-state index < -0.39 is 10.9 Å². The lowest BCUT2D eigenvalue weighted by Gasteiger charge is -2.27. The molecule has 7 heteroatoms. The van der Waals surface area contributed by atoms with E-state index >= 15 is 0 Å². The zero-order valence-corrected chi connectivity index (χ0v) is 11.2. The van der Waals surface area contributed by atoms with Crippen molar-refractivity contribution in [3.63, 3.8) is 0 Å². The van der Waals surface area contributed by atoms with Gasteiger partial charge in [-0.05, 0) is 32.3 Å². The monoisotopic (exact) mass is 279 g/mol. The van der Waals surface area contributed by atoms with E-state index in [0.717, 1.165) is 12.8 Å². The SMILES string of the molecule is Cc1ccnc(NC2CCCC(C(=O)O)C2)c1[N+](=O)[O-]. The quantitative estimate of drug-likeness (QED) is 0.647. The highest BCUT2D eigenvalue weighted by Gasteiger charge is 2.29. The third-order valence-electron chi connectivity index (χ3n) is 3.67. The van der Waals surface area contributed by atoms with Crippen LogP contribution in [-0.2, 0) is 4.79 Å². The van der Waals surface area contributed by atoms with E-state index in [-0.39, 0.29) is 23.5 Å². The lowest BCUT2D eigenvalue weighted by molar-refractivity contribution is -0.384. The number of nitrogens with one attached hydrogen (secondary N) is 1. The minimum atomic E-state index is -0.803. The van der Waals surface area contributed by atoms with Gasteiger partial charge in [0, 0.05) is 17.8 Å². The summed E-state index contributed by atoms with van der Waals surface area (Å²) in [5, 5.41) is 23.2. The molecule has 1 saturated carbocycles. The maximum absolute atomic E-state index is 11.1. The topological polar surface area (TPSA) is 105 Å². The van der Waals surface area contributed by atoms with Crippen molar-refractivity contribution in [2.24, 2.45) is 5.92 Å². The van der Waals surface area contributed by atoms with Crippen LogP contribution in [0.25, 0.3) is 0 Å². The number of hydrogen-bond acceptors (Lipinski definition) is 5. The van der Waals surface area contributed by atoms with Crippen molar-refractivity contribution >= 4 is 17.5 Å². The van der Waals surface area contributed by atoms with Gasteiger partial charge in [0.2, 0.25) is 5.82 Å². The van der Waals surface area contributed by atoms with Gasteiger partial charge in [-0.2, -0.15) is 0 Å². The molecule has 0 aromatic carbocycles. The molecule has 0 amide bonds. The molecule has 20 heavy (non-hydrogen) atoms. The molecule has 0 spiro atoms. The molecule has 2 N–H and O–H groups in total. The Morgan fingerprint density at radius 2 is 2.30 bits per heavy atom. The molecular weight excluding hydrogens is 262 g/mol. The summed E-state index contributed by atoms with van der Waals surface area (Å²) in [6.45, 7) is 1.66. The highest BCUT2D eigenvalue weighted by Crippen LogP contribution is 2.30. The van der Waals surface area contributed by atoms with E-state index in [2.05, 4.69) is 10.3 Å². The number of hydrogen-bond donors (Lipinski definition) is 2. The van der Waals surface area contributed by atoms with Gasteiger partial charge in [0.05, 0.1) is 10.8 Å². The maximum Gasteiger partial charge on any atom is 0.314 e. The summed E-state index contributed by atoms with van der Waals surface area (Å²) in [5.74, 6) is -0.959. The second-order valence-corrected chi connectivity index (χ2v) is 5.13. The van der Waals surface area contributed by atoms with Crippen molar-refractivity contribution < 1.29 is 14.8 Å². The van der Waals surface area contributed by atoms with Crippen molar-refractivity contribution in [1.29, 1.82) is 0 Å². The average molecular weight is 279 g/mol. The fraction of sp³-hybridized carbons (Fsp3) is 0.538. The number of nitro groups is 1. The number of anilines is 1. The highest BCUT2D eigenvalue weighted by atomic mass is 16.6. The smallest absolute Gasteiger partial charge is 0.314 e. The van der Waals surface area contributed by atoms with Gasteiger partial charge < -0.3 is 10.4 Å². The summed E-state index contributed by atoms with van der Waals surface area (Å²) in [5.41, 5.74) is 0.503. The maximum atomic E-state index is 11.1. The van der Waals surface area contributed by atoms with Crippen LogP contribution in [-0.4, -0.2) is 27.0 Å². The number of aromatic nitrogens is 1. The van der Waals surface area contributed by atoms with Gasteiger partial charge in [-0.15, -0.1) is 0 Å². The van der Waals surface area contributed by atoms with E-state index in [1.54, 1.807) is 13.0 Å². The molecule has 0 bridgehead atoms. The Morgan fingerprint density at radius 1 is 1.55 bits per heavy atom. The van der Waals surface area contributed by atoms with Gasteiger partial charge in [-0.3, -0.25) is 14.9 Å². The fourth-order valence-corrected chi connectivity index (χ4v) is 2.63. The molecule has 1 aliphatic carbocycles. The molecule has 0 radical (unpaired) electrons. The standard InChI is InChI=1S/C13H17N3O4/c1-8-5-6-14-12(11(8)16(19)20)15-10-4-2-3-9(7-10)13(17)18/h5-6,9-10H,2-4,7H2,1H3,(H,14,15)(H,17,18). The predicted molar refractivity (Wildman–Crippen MR) is 72.6 cm³/mol. The fourth-order valence-electron chi connectivity index (χ4n) is 2.63. The normalized spacial score (nSPS) is 22.2. The number of carboxylic acids is 1. The van der Waals surface area contributed by atoms with Gasteiger partial charge in [-0.1, -0.05) is 6.42 Å². The first-order valence-corrected chi connectivity index (χ1v) is 6.58. The Labute approximate surface area is 116 Å². The van der Waals surface area contributed by atoms with E-state index in [9.17, 15) is 14.9 Å². The van der Waals surface area contributed by atoms with Crippen LogP contribution in [0.4, 0.5) is 11.5 Å². The molecule has 7 nitrogen and oxygen atoms in total. The second-order valence-electron chi connectivity index (χ2n) is 5.13. The molecular formula is C13H17N3O4. The lowest BCUT2D eigenvalue weighted by Crippen LogP contribution is -2.31. The molecule has 1 aromatic heterocycles. The molecule has 0 aliphatic heterocycles. The Morgan fingerprint density at radius 3 is 2.95 bits per heavy atom. The molecule has 2 rings (SSSR count). The van der Waals surface area contributed by atoms with Crippen molar-refractivity contribution in [2.45, 2.75) is 38.6 Å². The van der Waals surface area contributed by atoms with Gasteiger partial charge in [0.15, 0.2) is 0 Å². The highest BCUT2D eigenvalue weighted by molar-refractivity contribution is 5.70. The Hall–Kier alpha value is -2.18. The first-order chi connectivity index (χ1) is 9.49. The molecule has 1 aromatic rings. The van der Waals surface area contributed by atoms with Gasteiger partial charge in [0.25, 0.3) is 0 Å². The van der Waals surface area contributed by atoms with Crippen LogP contribution in [0.3, 0.4) is 0 Å². The third-order valence-corrected chi connectivity index (χ3v) is 3.67. The molecule has 1 heterocycles. The Kier molecular flexibility index (Phi) is 4.16. The van der Waals surface area contributed by atoms with E-state index in [1.165, 1.54) is 6.20 Å². The van der Waals surface area contributed by atoms with E-state index in [4.69, 9.17) is 5.11 Å². The van der Waals surface area contributed by atoms with Gasteiger partial charge >= 0.3 is 11.7 Å². The first-order valence-electron chi connectivity index (χ1n) is 6.58. The summed E-state index contributed by atoms with van der Waals surface area (Å²) in [4.78, 5) is 25.7. The van der Waals surface area contributed by atoms with Gasteiger partial charge in [0.1, 0.15) is 0 Å².